The molecule has 2 rings (SSSR count). The number of pyridine rings is 1. The van der Waals surface area contributed by atoms with Gasteiger partial charge in [0.25, 0.3) is 0 Å². The van der Waals surface area contributed by atoms with E-state index in [-0.39, 0.29) is 24.2 Å². The van der Waals surface area contributed by atoms with Gasteiger partial charge in [-0.2, -0.15) is 5.48 Å². The standard InChI is InChI=1S/C16H22N2O4S/c1-12(2)22-9-15(18-19)11-23(20,21)10-13-7-14-5-3-4-6-16(14)17-8-13/h3-8,12,15,18-19H,9-11H2,1-2H3/t15-/m0/s1. The number of benzene rings is 1. The molecule has 1 aromatic heterocycles. The summed E-state index contributed by atoms with van der Waals surface area (Å²) in [6.45, 7) is 3.83. The van der Waals surface area contributed by atoms with Crippen LogP contribution in [0.25, 0.3) is 10.9 Å². The van der Waals surface area contributed by atoms with Gasteiger partial charge in [0.1, 0.15) is 0 Å². The monoisotopic (exact) mass is 338 g/mol. The molecule has 0 fully saturated rings. The molecule has 23 heavy (non-hydrogen) atoms. The van der Waals surface area contributed by atoms with E-state index in [0.717, 1.165) is 10.9 Å². The molecule has 126 valence electrons. The van der Waals surface area contributed by atoms with Crippen LogP contribution in [0.5, 0.6) is 0 Å². The molecule has 0 aliphatic heterocycles. The van der Waals surface area contributed by atoms with Crippen LogP contribution in [0.1, 0.15) is 19.4 Å². The fourth-order valence-electron chi connectivity index (χ4n) is 2.25. The van der Waals surface area contributed by atoms with Crippen molar-refractivity contribution in [3.05, 3.63) is 42.1 Å². The number of sulfone groups is 1. The predicted molar refractivity (Wildman–Crippen MR) is 89.0 cm³/mol. The predicted octanol–water partition coefficient (Wildman–Crippen LogP) is 1.92. The first-order valence-electron chi connectivity index (χ1n) is 7.45. The van der Waals surface area contributed by atoms with Gasteiger partial charge < -0.3 is 9.94 Å². The van der Waals surface area contributed by atoms with Crippen molar-refractivity contribution in [2.24, 2.45) is 0 Å². The molecular weight excluding hydrogens is 316 g/mol. The van der Waals surface area contributed by atoms with Gasteiger partial charge in [0.05, 0.1) is 35.8 Å². The number of aromatic nitrogens is 1. The van der Waals surface area contributed by atoms with Gasteiger partial charge in [0.15, 0.2) is 9.84 Å². The van der Waals surface area contributed by atoms with Crippen molar-refractivity contribution in [2.45, 2.75) is 31.7 Å². The van der Waals surface area contributed by atoms with E-state index in [1.54, 1.807) is 6.20 Å². The number of rotatable bonds is 8. The molecule has 2 N–H and O–H groups in total. The average Bonchev–Trinajstić information content (AvgIpc) is 2.50. The maximum Gasteiger partial charge on any atom is 0.156 e. The van der Waals surface area contributed by atoms with Gasteiger partial charge in [-0.1, -0.05) is 18.2 Å². The first-order chi connectivity index (χ1) is 10.9. The van der Waals surface area contributed by atoms with E-state index in [2.05, 4.69) is 4.98 Å². The van der Waals surface area contributed by atoms with Crippen LogP contribution in [-0.2, 0) is 20.3 Å². The second kappa shape index (κ2) is 7.83. The Morgan fingerprint density at radius 3 is 2.74 bits per heavy atom. The van der Waals surface area contributed by atoms with Gasteiger partial charge in [0, 0.05) is 11.6 Å². The van der Waals surface area contributed by atoms with Crippen LogP contribution in [0.15, 0.2) is 36.5 Å². The molecule has 0 radical (unpaired) electrons. The minimum atomic E-state index is -3.40. The van der Waals surface area contributed by atoms with E-state index in [1.807, 2.05) is 49.7 Å². The molecule has 1 atom stereocenters. The fraction of sp³-hybridized carbons (Fsp3) is 0.438. The Kier molecular flexibility index (Phi) is 6.06. The van der Waals surface area contributed by atoms with Gasteiger partial charge in [0.2, 0.25) is 0 Å². The smallest absolute Gasteiger partial charge is 0.156 e. The highest BCUT2D eigenvalue weighted by atomic mass is 32.2. The second-order valence-electron chi connectivity index (χ2n) is 5.80. The van der Waals surface area contributed by atoms with Crippen LogP contribution in [-0.4, -0.2) is 43.1 Å². The van der Waals surface area contributed by atoms with Crippen molar-refractivity contribution in [1.82, 2.24) is 10.5 Å². The van der Waals surface area contributed by atoms with Crippen molar-refractivity contribution >= 4 is 20.7 Å². The minimum absolute atomic E-state index is 0.0294. The molecule has 0 saturated heterocycles. The third kappa shape index (κ3) is 5.54. The van der Waals surface area contributed by atoms with E-state index in [9.17, 15) is 8.42 Å². The molecule has 0 amide bonds. The molecule has 6 nitrogen and oxygen atoms in total. The number of ether oxygens (including phenoxy) is 1. The number of fused-ring (bicyclic) bond motifs is 1. The molecule has 0 aliphatic rings. The van der Waals surface area contributed by atoms with E-state index in [1.165, 1.54) is 0 Å². The molecule has 1 heterocycles. The van der Waals surface area contributed by atoms with Crippen molar-refractivity contribution in [3.63, 3.8) is 0 Å². The lowest BCUT2D eigenvalue weighted by molar-refractivity contribution is 0.0279. The number of hydroxylamine groups is 1. The number of nitrogens with zero attached hydrogens (tertiary/aromatic N) is 1. The summed E-state index contributed by atoms with van der Waals surface area (Å²) in [6, 6.07) is 8.72. The fourth-order valence-corrected chi connectivity index (χ4v) is 3.81. The summed E-state index contributed by atoms with van der Waals surface area (Å²) < 4.78 is 30.0. The summed E-state index contributed by atoms with van der Waals surface area (Å²) in [5.41, 5.74) is 3.47. The van der Waals surface area contributed by atoms with Crippen LogP contribution in [0.4, 0.5) is 0 Å². The first-order valence-corrected chi connectivity index (χ1v) is 9.27. The molecular formula is C16H22N2O4S. The second-order valence-corrected chi connectivity index (χ2v) is 7.91. The van der Waals surface area contributed by atoms with E-state index < -0.39 is 15.9 Å². The topological polar surface area (TPSA) is 88.5 Å². The molecule has 2 aromatic rings. The quantitative estimate of drug-likeness (QED) is 0.715. The lowest BCUT2D eigenvalue weighted by atomic mass is 10.2. The number of para-hydroxylation sites is 1. The Morgan fingerprint density at radius 2 is 2.04 bits per heavy atom. The Bertz CT molecular complexity index is 747. The van der Waals surface area contributed by atoms with Gasteiger partial charge in [-0.15, -0.1) is 0 Å². The lowest BCUT2D eigenvalue weighted by Crippen LogP contribution is -2.38. The summed E-state index contributed by atoms with van der Waals surface area (Å²) in [4.78, 5) is 4.27. The summed E-state index contributed by atoms with van der Waals surface area (Å²) in [5.74, 6) is -0.326. The van der Waals surface area contributed by atoms with Gasteiger partial charge in [-0.05, 0) is 31.5 Å². The van der Waals surface area contributed by atoms with E-state index in [4.69, 9.17) is 9.94 Å². The van der Waals surface area contributed by atoms with Crippen LogP contribution in [0.2, 0.25) is 0 Å². The molecule has 0 spiro atoms. The Balaban J connectivity index is 2.06. The summed E-state index contributed by atoms with van der Waals surface area (Å²) >= 11 is 0. The summed E-state index contributed by atoms with van der Waals surface area (Å²) in [7, 11) is -3.40. The van der Waals surface area contributed by atoms with Crippen LogP contribution in [0, 0.1) is 0 Å². The number of nitrogens with one attached hydrogen (secondary N) is 1. The highest BCUT2D eigenvalue weighted by Crippen LogP contribution is 2.15. The third-order valence-electron chi connectivity index (χ3n) is 3.30. The van der Waals surface area contributed by atoms with Crippen LogP contribution in [0.3, 0.4) is 0 Å². The largest absolute Gasteiger partial charge is 0.377 e. The Morgan fingerprint density at radius 1 is 1.30 bits per heavy atom. The Labute approximate surface area is 136 Å². The van der Waals surface area contributed by atoms with Crippen LogP contribution < -0.4 is 5.48 Å². The number of hydrogen-bond acceptors (Lipinski definition) is 6. The third-order valence-corrected chi connectivity index (χ3v) is 4.99. The zero-order valence-corrected chi connectivity index (χ0v) is 14.1. The van der Waals surface area contributed by atoms with Crippen molar-refractivity contribution in [1.29, 1.82) is 0 Å². The molecule has 0 saturated carbocycles. The number of hydrogen-bond donors (Lipinski definition) is 2. The maximum absolute atomic E-state index is 12.3. The van der Waals surface area contributed by atoms with Crippen LogP contribution >= 0.6 is 0 Å². The Hall–Kier alpha value is -1.54. The van der Waals surface area contributed by atoms with Gasteiger partial charge in [-0.3, -0.25) is 4.98 Å². The first kappa shape index (κ1) is 17.8. The molecule has 1 aromatic carbocycles. The SMILES string of the molecule is CC(C)OC[C@@H](CS(=O)(=O)Cc1cnc2ccccc2c1)NO. The van der Waals surface area contributed by atoms with Gasteiger partial charge >= 0.3 is 0 Å². The minimum Gasteiger partial charge on any atom is -0.377 e. The highest BCUT2D eigenvalue weighted by Gasteiger charge is 2.20. The van der Waals surface area contributed by atoms with Gasteiger partial charge in [-0.25, -0.2) is 8.42 Å². The summed E-state index contributed by atoms with van der Waals surface area (Å²) in [5, 5.41) is 10.0. The van der Waals surface area contributed by atoms with Crippen molar-refractivity contribution in [2.75, 3.05) is 12.4 Å². The molecule has 0 unspecified atom stereocenters. The lowest BCUT2D eigenvalue weighted by Gasteiger charge is -2.17. The summed E-state index contributed by atoms with van der Waals surface area (Å²) in [6.07, 6.45) is 1.55. The van der Waals surface area contributed by atoms with Crippen molar-refractivity contribution in [3.8, 4) is 0 Å². The van der Waals surface area contributed by atoms with E-state index >= 15 is 0 Å². The highest BCUT2D eigenvalue weighted by molar-refractivity contribution is 7.90. The average molecular weight is 338 g/mol. The normalized spacial score (nSPS) is 13.6. The zero-order chi connectivity index (χ0) is 16.9. The molecule has 0 aliphatic carbocycles. The van der Waals surface area contributed by atoms with E-state index in [0.29, 0.717) is 5.56 Å². The zero-order valence-electron chi connectivity index (χ0n) is 13.3. The maximum atomic E-state index is 12.3. The molecule has 0 bridgehead atoms. The molecule has 7 heteroatoms. The van der Waals surface area contributed by atoms with Crippen molar-refractivity contribution < 1.29 is 18.4 Å².